The molecule has 5 rings (SSSR count). The minimum atomic E-state index is -0.391. The first kappa shape index (κ1) is 26.8. The van der Waals surface area contributed by atoms with E-state index in [0.717, 1.165) is 50.2 Å². The Morgan fingerprint density at radius 2 is 1.64 bits per heavy atom. The number of benzene rings is 2. The van der Waals surface area contributed by atoms with Crippen molar-refractivity contribution < 1.29 is 9.53 Å². The molecule has 1 fully saturated rings. The second kappa shape index (κ2) is 11.9. The van der Waals surface area contributed by atoms with E-state index in [1.807, 2.05) is 43.3 Å². The summed E-state index contributed by atoms with van der Waals surface area (Å²) in [7, 11) is 0. The number of nitrogens with zero attached hydrogens (tertiary/aromatic N) is 4. The van der Waals surface area contributed by atoms with Crippen molar-refractivity contribution in [2.75, 3.05) is 13.1 Å². The van der Waals surface area contributed by atoms with Crippen molar-refractivity contribution in [2.24, 2.45) is 0 Å². The molecule has 2 aliphatic heterocycles. The zero-order chi connectivity index (χ0) is 27.4. The van der Waals surface area contributed by atoms with E-state index in [1.54, 1.807) is 12.1 Å². The average molecular weight is 528 g/mol. The minimum absolute atomic E-state index is 0.228. The van der Waals surface area contributed by atoms with Crippen LogP contribution in [0.2, 0.25) is 0 Å². The predicted molar refractivity (Wildman–Crippen MR) is 151 cm³/mol. The summed E-state index contributed by atoms with van der Waals surface area (Å²) in [6.45, 7) is 9.16. The number of nitrogens with one attached hydrogen (secondary N) is 1. The first-order chi connectivity index (χ1) is 19.0. The van der Waals surface area contributed by atoms with E-state index in [9.17, 15) is 9.59 Å². The fourth-order valence-electron chi connectivity index (χ4n) is 5.40. The third-order valence-corrected chi connectivity index (χ3v) is 7.72. The third-order valence-electron chi connectivity index (χ3n) is 7.72. The lowest BCUT2D eigenvalue weighted by molar-refractivity contribution is 0.0734. The summed E-state index contributed by atoms with van der Waals surface area (Å²) < 4.78 is 7.69. The van der Waals surface area contributed by atoms with Crippen LogP contribution in [0.3, 0.4) is 0 Å². The summed E-state index contributed by atoms with van der Waals surface area (Å²) in [6, 6.07) is 15.2. The normalized spacial score (nSPS) is 13.9. The quantitative estimate of drug-likeness (QED) is 0.219. The Morgan fingerprint density at radius 1 is 0.974 bits per heavy atom. The van der Waals surface area contributed by atoms with Gasteiger partial charge in [0.2, 0.25) is 0 Å². The summed E-state index contributed by atoms with van der Waals surface area (Å²) in [4.78, 5) is 37.1. The molecule has 0 atom stereocenters. The van der Waals surface area contributed by atoms with Gasteiger partial charge in [-0.05, 0) is 67.7 Å². The predicted octanol–water partition coefficient (Wildman–Crippen LogP) is 5.40. The van der Waals surface area contributed by atoms with Gasteiger partial charge in [0.1, 0.15) is 17.1 Å². The number of rotatable bonds is 10. The number of fused-ring (bicyclic) bond motifs is 1. The average Bonchev–Trinajstić information content (AvgIpc) is 3.61. The first-order valence-corrected chi connectivity index (χ1v) is 14.1. The van der Waals surface area contributed by atoms with Gasteiger partial charge in [-0.1, -0.05) is 57.9 Å². The van der Waals surface area contributed by atoms with Crippen molar-refractivity contribution in [1.29, 1.82) is 0 Å². The second-order valence-corrected chi connectivity index (χ2v) is 10.3. The molecule has 0 unspecified atom stereocenters. The number of aryl methyl sites for hydroxylation is 1. The molecule has 0 spiro atoms. The van der Waals surface area contributed by atoms with Crippen LogP contribution in [0.15, 0.2) is 53.3 Å². The standard InChI is InChI=1S/C31H37N5O3/c1-4-26-28-29(36(34-26)24-9-7-8-10-24)32-27(33-30(28)37)19-21-13-17-25(18-14-21)39-31(38)23-15-11-22(12-16-23)20-35(5-2)6-3/h11-18,24,34H,4-10,19-20H2,1-3H3. The molecule has 0 saturated heterocycles. The van der Waals surface area contributed by atoms with Crippen LogP contribution >= 0.6 is 0 Å². The molecule has 2 aromatic rings. The van der Waals surface area contributed by atoms with Crippen LogP contribution in [0.1, 0.15) is 85.5 Å². The molecule has 204 valence electrons. The molecule has 0 bridgehead atoms. The largest absolute Gasteiger partial charge is 0.423 e. The third kappa shape index (κ3) is 5.96. The number of aromatic nitrogens is 4. The Kier molecular flexibility index (Phi) is 8.21. The molecule has 8 heteroatoms. The van der Waals surface area contributed by atoms with Crippen LogP contribution in [0.5, 0.6) is 5.75 Å². The number of hydrogen-bond acceptors (Lipinski definition) is 6. The van der Waals surface area contributed by atoms with E-state index in [0.29, 0.717) is 41.0 Å². The van der Waals surface area contributed by atoms with Crippen molar-refractivity contribution in [2.45, 2.75) is 71.9 Å². The number of carbonyl (C=O) groups is 1. The van der Waals surface area contributed by atoms with Gasteiger partial charge in [-0.2, -0.15) is 4.98 Å². The molecule has 0 amide bonds. The number of ether oxygens (including phenoxy) is 1. The van der Waals surface area contributed by atoms with Crippen LogP contribution in [-0.2, 0) is 19.4 Å². The monoisotopic (exact) mass is 527 g/mol. The highest BCUT2D eigenvalue weighted by atomic mass is 16.5. The Morgan fingerprint density at radius 3 is 2.28 bits per heavy atom. The lowest BCUT2D eigenvalue weighted by Gasteiger charge is -2.17. The van der Waals surface area contributed by atoms with Crippen molar-refractivity contribution >= 4 is 5.97 Å². The van der Waals surface area contributed by atoms with Gasteiger partial charge in [0.05, 0.1) is 11.6 Å². The molecule has 1 N–H and O–H groups in total. The highest BCUT2D eigenvalue weighted by Gasteiger charge is 2.27. The number of aromatic amines is 1. The smallest absolute Gasteiger partial charge is 0.343 e. The van der Waals surface area contributed by atoms with Crippen LogP contribution in [0.25, 0.3) is 11.4 Å². The van der Waals surface area contributed by atoms with Gasteiger partial charge >= 0.3 is 5.97 Å². The highest BCUT2D eigenvalue weighted by molar-refractivity contribution is 5.91. The van der Waals surface area contributed by atoms with E-state index in [2.05, 4.69) is 33.5 Å². The highest BCUT2D eigenvalue weighted by Crippen LogP contribution is 2.33. The summed E-state index contributed by atoms with van der Waals surface area (Å²) >= 11 is 0. The van der Waals surface area contributed by atoms with E-state index in [4.69, 9.17) is 9.72 Å². The van der Waals surface area contributed by atoms with E-state index in [-0.39, 0.29) is 5.56 Å². The number of carbonyl (C=O) groups excluding carboxylic acids is 1. The number of esters is 1. The molecule has 0 radical (unpaired) electrons. The first-order valence-electron chi connectivity index (χ1n) is 14.1. The van der Waals surface area contributed by atoms with Gasteiger partial charge in [-0.3, -0.25) is 19.5 Å². The molecular weight excluding hydrogens is 490 g/mol. The van der Waals surface area contributed by atoms with E-state index in [1.165, 1.54) is 18.4 Å². The second-order valence-electron chi connectivity index (χ2n) is 10.3. The maximum absolute atomic E-state index is 13.0. The number of hydrogen-bond donors (Lipinski definition) is 1. The SMILES string of the molecule is CCc1[nH]n(C2CCCC2)c2nc(Cc3ccc(OC(=O)c4ccc(CN(CC)CC)cc4)cc3)nc(=O)c1-2. The van der Waals surface area contributed by atoms with Crippen molar-refractivity contribution in [1.82, 2.24) is 24.6 Å². The molecule has 0 aromatic heterocycles. The minimum Gasteiger partial charge on any atom is -0.423 e. The fourth-order valence-corrected chi connectivity index (χ4v) is 5.40. The van der Waals surface area contributed by atoms with Crippen LogP contribution in [0, 0.1) is 0 Å². The number of H-pyrrole nitrogens is 1. The molecule has 1 saturated carbocycles. The maximum atomic E-state index is 13.0. The summed E-state index contributed by atoms with van der Waals surface area (Å²) in [5, 5.41) is 3.43. The van der Waals surface area contributed by atoms with Crippen LogP contribution < -0.4 is 10.3 Å². The summed E-state index contributed by atoms with van der Waals surface area (Å²) in [5.41, 5.74) is 3.90. The lowest BCUT2D eigenvalue weighted by Crippen LogP contribution is -2.22. The molecule has 2 aromatic carbocycles. The van der Waals surface area contributed by atoms with Crippen molar-refractivity contribution in [3.8, 4) is 17.1 Å². The van der Waals surface area contributed by atoms with Crippen LogP contribution in [0.4, 0.5) is 0 Å². The molecule has 8 nitrogen and oxygen atoms in total. The maximum Gasteiger partial charge on any atom is 0.343 e. The Hall–Kier alpha value is -3.78. The molecule has 39 heavy (non-hydrogen) atoms. The van der Waals surface area contributed by atoms with Crippen molar-refractivity contribution in [3.05, 3.63) is 87.1 Å². The Balaban J connectivity index is 1.27. The van der Waals surface area contributed by atoms with E-state index < -0.39 is 5.97 Å². The Labute approximate surface area is 229 Å². The van der Waals surface area contributed by atoms with Gasteiger partial charge in [0.15, 0.2) is 5.82 Å². The Bertz CT molecular complexity index is 1430. The van der Waals surface area contributed by atoms with Gasteiger partial charge in [0, 0.05) is 18.7 Å². The van der Waals surface area contributed by atoms with E-state index >= 15 is 0 Å². The van der Waals surface area contributed by atoms with Crippen LogP contribution in [-0.4, -0.2) is 43.7 Å². The zero-order valence-electron chi connectivity index (χ0n) is 23.1. The molecular formula is C31H37N5O3. The lowest BCUT2D eigenvalue weighted by atomic mass is 10.1. The topological polar surface area (TPSA) is 93.1 Å². The van der Waals surface area contributed by atoms with Gasteiger partial charge < -0.3 is 4.74 Å². The molecule has 3 aliphatic rings. The molecule has 1 aliphatic carbocycles. The van der Waals surface area contributed by atoms with Gasteiger partial charge in [-0.15, -0.1) is 0 Å². The summed E-state index contributed by atoms with van der Waals surface area (Å²) in [6.07, 6.45) is 5.73. The van der Waals surface area contributed by atoms with Crippen molar-refractivity contribution in [3.63, 3.8) is 0 Å². The summed E-state index contributed by atoms with van der Waals surface area (Å²) in [5.74, 6) is 1.28. The molecule has 2 heterocycles. The fraction of sp³-hybridized carbons (Fsp3) is 0.419. The van der Waals surface area contributed by atoms with Gasteiger partial charge in [0.25, 0.3) is 5.56 Å². The van der Waals surface area contributed by atoms with Gasteiger partial charge in [-0.25, -0.2) is 9.78 Å². The zero-order valence-corrected chi connectivity index (χ0v) is 23.1.